The quantitative estimate of drug-likeness (QED) is 0.256. The zero-order valence-corrected chi connectivity index (χ0v) is 17.7. The topological polar surface area (TPSA) is 44.8 Å². The zero-order valence-electron chi connectivity index (χ0n) is 14.7. The van der Waals surface area contributed by atoms with E-state index in [-0.39, 0.29) is 5.97 Å². The van der Waals surface area contributed by atoms with Crippen molar-refractivity contribution in [3.63, 3.8) is 0 Å². The highest BCUT2D eigenvalue weighted by Gasteiger charge is 2.42. The van der Waals surface area contributed by atoms with E-state index in [0.29, 0.717) is 6.61 Å². The van der Waals surface area contributed by atoms with E-state index in [2.05, 4.69) is 52.8 Å². The molecule has 0 aliphatic rings. The summed E-state index contributed by atoms with van der Waals surface area (Å²) >= 11 is 0. The molecule has 21 heavy (non-hydrogen) atoms. The standard InChI is InChI=1S/C14H32O4Si3/c1-9-14(15)16-12-11-13-21(10-2,17-19(3,4)5)18-20(6,7)8/h9H,1,10-13H2,2-8H3. The van der Waals surface area contributed by atoms with Crippen LogP contribution >= 0.6 is 0 Å². The lowest BCUT2D eigenvalue weighted by atomic mass is 10.5. The van der Waals surface area contributed by atoms with Crippen LogP contribution in [0.25, 0.3) is 0 Å². The maximum Gasteiger partial charge on any atom is 0.330 e. The first-order valence-corrected chi connectivity index (χ1v) is 16.7. The SMILES string of the molecule is C=CC(=O)OCCC[Si](CC)(O[Si](C)(C)C)O[Si](C)(C)C. The molecule has 4 nitrogen and oxygen atoms in total. The van der Waals surface area contributed by atoms with E-state index in [4.69, 9.17) is 13.0 Å². The Morgan fingerprint density at radius 3 is 1.86 bits per heavy atom. The highest BCUT2D eigenvalue weighted by Crippen LogP contribution is 2.28. The molecule has 0 bridgehead atoms. The maximum absolute atomic E-state index is 11.1. The molecule has 0 saturated carbocycles. The van der Waals surface area contributed by atoms with E-state index in [9.17, 15) is 4.79 Å². The van der Waals surface area contributed by atoms with Gasteiger partial charge in [-0.05, 0) is 57.8 Å². The second-order valence-electron chi connectivity index (χ2n) is 7.17. The molecule has 0 unspecified atom stereocenters. The first-order chi connectivity index (χ1) is 9.43. The van der Waals surface area contributed by atoms with Gasteiger partial charge in [-0.15, -0.1) is 0 Å². The van der Waals surface area contributed by atoms with Crippen molar-refractivity contribution in [1.29, 1.82) is 0 Å². The van der Waals surface area contributed by atoms with Gasteiger partial charge >= 0.3 is 14.5 Å². The summed E-state index contributed by atoms with van der Waals surface area (Å²) in [6.45, 7) is 19.2. The van der Waals surface area contributed by atoms with Gasteiger partial charge in [-0.25, -0.2) is 4.79 Å². The Bertz CT molecular complexity index is 329. The van der Waals surface area contributed by atoms with Crippen LogP contribution in [0.15, 0.2) is 12.7 Å². The van der Waals surface area contributed by atoms with E-state index in [1.54, 1.807) is 0 Å². The molecule has 0 aromatic carbocycles. The molecular formula is C14H32O4Si3. The molecular weight excluding hydrogens is 316 g/mol. The van der Waals surface area contributed by atoms with Crippen molar-refractivity contribution < 1.29 is 17.8 Å². The van der Waals surface area contributed by atoms with Crippen LogP contribution in [0.2, 0.25) is 51.4 Å². The Kier molecular flexibility index (Phi) is 8.33. The highest BCUT2D eigenvalue weighted by molar-refractivity contribution is 6.88. The third-order valence-corrected chi connectivity index (χ3v) is 12.7. The highest BCUT2D eigenvalue weighted by atomic mass is 28.5. The molecule has 0 rings (SSSR count). The van der Waals surface area contributed by atoms with Gasteiger partial charge in [-0.2, -0.15) is 0 Å². The zero-order chi connectivity index (χ0) is 16.7. The summed E-state index contributed by atoms with van der Waals surface area (Å²) in [7, 11) is -5.55. The van der Waals surface area contributed by atoms with Crippen LogP contribution in [-0.4, -0.2) is 37.8 Å². The molecule has 0 saturated heterocycles. The lowest BCUT2D eigenvalue weighted by molar-refractivity contribution is -0.137. The predicted octanol–water partition coefficient (Wildman–Crippen LogP) is 4.27. The van der Waals surface area contributed by atoms with Crippen molar-refractivity contribution in [2.75, 3.05) is 6.61 Å². The van der Waals surface area contributed by atoms with E-state index in [1.807, 2.05) is 0 Å². The minimum Gasteiger partial charge on any atom is -0.463 e. The second kappa shape index (κ2) is 8.42. The van der Waals surface area contributed by atoms with Crippen molar-refractivity contribution in [3.8, 4) is 0 Å². The molecule has 0 aromatic rings. The molecule has 0 aliphatic heterocycles. The Morgan fingerprint density at radius 1 is 1.05 bits per heavy atom. The van der Waals surface area contributed by atoms with Crippen LogP contribution in [-0.2, 0) is 17.8 Å². The first-order valence-electron chi connectivity index (χ1n) is 7.62. The van der Waals surface area contributed by atoms with Crippen molar-refractivity contribution in [1.82, 2.24) is 0 Å². The lowest BCUT2D eigenvalue weighted by Crippen LogP contribution is -2.54. The number of carbonyl (C=O) groups excluding carboxylic acids is 1. The van der Waals surface area contributed by atoms with Gasteiger partial charge in [0, 0.05) is 6.08 Å². The van der Waals surface area contributed by atoms with Crippen LogP contribution in [0, 0.1) is 0 Å². The van der Waals surface area contributed by atoms with Crippen LogP contribution < -0.4 is 0 Å². The molecule has 0 amide bonds. The minimum atomic E-state index is -2.22. The maximum atomic E-state index is 11.1. The van der Waals surface area contributed by atoms with Crippen molar-refractivity contribution in [3.05, 3.63) is 12.7 Å². The van der Waals surface area contributed by atoms with E-state index >= 15 is 0 Å². The smallest absolute Gasteiger partial charge is 0.330 e. The summed E-state index contributed by atoms with van der Waals surface area (Å²) in [5.41, 5.74) is 0. The number of carbonyl (C=O) groups is 1. The Morgan fingerprint density at radius 2 is 1.52 bits per heavy atom. The molecule has 0 radical (unpaired) electrons. The molecule has 0 spiro atoms. The van der Waals surface area contributed by atoms with Gasteiger partial charge in [0.2, 0.25) is 0 Å². The summed E-state index contributed by atoms with van der Waals surface area (Å²) < 4.78 is 18.1. The Balaban J connectivity index is 4.77. The van der Waals surface area contributed by atoms with Gasteiger partial charge in [-0.1, -0.05) is 13.5 Å². The summed E-state index contributed by atoms with van der Waals surface area (Å²) in [6.07, 6.45) is 1.98. The van der Waals surface area contributed by atoms with Gasteiger partial charge in [0.1, 0.15) is 0 Å². The van der Waals surface area contributed by atoms with Crippen molar-refractivity contribution in [2.24, 2.45) is 0 Å². The molecule has 0 heterocycles. The van der Waals surface area contributed by atoms with E-state index in [0.717, 1.165) is 18.5 Å². The molecule has 124 valence electrons. The number of esters is 1. The molecule has 0 atom stereocenters. The van der Waals surface area contributed by atoms with Gasteiger partial charge in [0.15, 0.2) is 16.6 Å². The van der Waals surface area contributed by atoms with Crippen molar-refractivity contribution >= 4 is 31.2 Å². The second-order valence-corrected chi connectivity index (χ2v) is 20.3. The van der Waals surface area contributed by atoms with E-state index in [1.165, 1.54) is 6.08 Å². The van der Waals surface area contributed by atoms with Gasteiger partial charge in [0.25, 0.3) is 0 Å². The number of hydrogen-bond donors (Lipinski definition) is 0. The molecule has 0 N–H and O–H groups in total. The van der Waals surface area contributed by atoms with Crippen molar-refractivity contribution in [2.45, 2.75) is 64.7 Å². The van der Waals surface area contributed by atoms with Gasteiger partial charge in [-0.3, -0.25) is 0 Å². The summed E-state index contributed by atoms with van der Waals surface area (Å²) in [4.78, 5) is 11.1. The Labute approximate surface area is 133 Å². The molecule has 7 heteroatoms. The van der Waals surface area contributed by atoms with Crippen LogP contribution in [0.5, 0.6) is 0 Å². The summed E-state index contributed by atoms with van der Waals surface area (Å²) in [6, 6.07) is 1.82. The summed E-state index contributed by atoms with van der Waals surface area (Å²) in [5.74, 6) is -0.365. The predicted molar refractivity (Wildman–Crippen MR) is 95.7 cm³/mol. The van der Waals surface area contributed by atoms with E-state index < -0.39 is 25.2 Å². The lowest BCUT2D eigenvalue weighted by Gasteiger charge is -2.40. The van der Waals surface area contributed by atoms with Crippen LogP contribution in [0.1, 0.15) is 13.3 Å². The van der Waals surface area contributed by atoms with Gasteiger partial charge in [0.05, 0.1) is 6.61 Å². The first kappa shape index (κ1) is 20.8. The average Bonchev–Trinajstić information content (AvgIpc) is 2.30. The number of ether oxygens (including phenoxy) is 1. The fourth-order valence-corrected chi connectivity index (χ4v) is 14.6. The van der Waals surface area contributed by atoms with Gasteiger partial charge < -0.3 is 13.0 Å². The number of hydrogen-bond acceptors (Lipinski definition) is 4. The fraction of sp³-hybridized carbons (Fsp3) is 0.786. The third kappa shape index (κ3) is 10.2. The molecule has 0 aliphatic carbocycles. The largest absolute Gasteiger partial charge is 0.463 e. The molecule has 0 aromatic heterocycles. The fourth-order valence-electron chi connectivity index (χ4n) is 2.13. The monoisotopic (exact) mass is 348 g/mol. The average molecular weight is 349 g/mol. The number of rotatable bonds is 10. The summed E-state index contributed by atoms with van der Waals surface area (Å²) in [5, 5.41) is 0. The third-order valence-electron chi connectivity index (χ3n) is 2.64. The Hall–Kier alpha value is -0.219. The van der Waals surface area contributed by atoms with Crippen LogP contribution in [0.4, 0.5) is 0 Å². The normalized spacial score (nSPS) is 13.1. The van der Waals surface area contributed by atoms with Crippen LogP contribution in [0.3, 0.4) is 0 Å². The molecule has 0 fully saturated rings. The minimum absolute atomic E-state index is 0.365.